The van der Waals surface area contributed by atoms with Crippen LogP contribution in [0.3, 0.4) is 0 Å². The second kappa shape index (κ2) is 5.93. The molecule has 3 heterocycles. The number of hydrogen-bond acceptors (Lipinski definition) is 6. The van der Waals surface area contributed by atoms with Crippen LogP contribution in [-0.2, 0) is 0 Å². The van der Waals surface area contributed by atoms with Gasteiger partial charge in [-0.2, -0.15) is 0 Å². The molecule has 1 amide bonds. The molecule has 6 nitrogen and oxygen atoms in total. The largest absolute Gasteiger partial charge is 0.454 e. The molecule has 0 fully saturated rings. The quantitative estimate of drug-likeness (QED) is 0.791. The molecular weight excluding hydrogens is 326 g/mol. The van der Waals surface area contributed by atoms with E-state index in [0.717, 1.165) is 16.1 Å². The number of fused-ring (bicyclic) bond motifs is 1. The van der Waals surface area contributed by atoms with E-state index >= 15 is 0 Å². The Morgan fingerprint density at radius 3 is 2.96 bits per heavy atom. The monoisotopic (exact) mass is 339 g/mol. The third kappa shape index (κ3) is 2.69. The Bertz CT molecular complexity index is 909. The van der Waals surface area contributed by atoms with Crippen LogP contribution in [0.4, 0.5) is 5.13 Å². The summed E-state index contributed by atoms with van der Waals surface area (Å²) in [7, 11) is 0. The second-order valence-corrected chi connectivity index (χ2v) is 6.20. The van der Waals surface area contributed by atoms with E-state index in [1.807, 2.05) is 19.1 Å². The van der Waals surface area contributed by atoms with Gasteiger partial charge in [-0.1, -0.05) is 17.4 Å². The van der Waals surface area contributed by atoms with E-state index in [9.17, 15) is 4.79 Å². The lowest BCUT2D eigenvalue weighted by Gasteiger charge is -2.03. The lowest BCUT2D eigenvalue weighted by molar-refractivity contribution is 0.102. The van der Waals surface area contributed by atoms with E-state index in [4.69, 9.17) is 9.47 Å². The van der Waals surface area contributed by atoms with E-state index in [1.165, 1.54) is 11.3 Å². The minimum absolute atomic E-state index is 0.181. The SMILES string of the molecule is Cc1nc(NC(=O)c2ccc3c(c2)OCO3)sc1-c1cccnc1. The minimum Gasteiger partial charge on any atom is -0.454 e. The van der Waals surface area contributed by atoms with Crippen molar-refractivity contribution in [3.63, 3.8) is 0 Å². The van der Waals surface area contributed by atoms with Gasteiger partial charge < -0.3 is 9.47 Å². The second-order valence-electron chi connectivity index (χ2n) is 5.20. The summed E-state index contributed by atoms with van der Waals surface area (Å²) in [4.78, 5) is 22.0. The summed E-state index contributed by atoms with van der Waals surface area (Å²) in [5.74, 6) is 0.990. The van der Waals surface area contributed by atoms with Crippen molar-refractivity contribution in [2.24, 2.45) is 0 Å². The van der Waals surface area contributed by atoms with Crippen LogP contribution in [0.5, 0.6) is 11.5 Å². The predicted molar refractivity (Wildman–Crippen MR) is 90.6 cm³/mol. The van der Waals surface area contributed by atoms with Crippen molar-refractivity contribution < 1.29 is 14.3 Å². The maximum atomic E-state index is 12.4. The molecule has 0 aliphatic carbocycles. The van der Waals surface area contributed by atoms with Crippen LogP contribution in [-0.4, -0.2) is 22.7 Å². The number of amides is 1. The number of carbonyl (C=O) groups is 1. The topological polar surface area (TPSA) is 73.3 Å². The van der Waals surface area contributed by atoms with Crippen molar-refractivity contribution in [3.8, 4) is 21.9 Å². The first-order chi connectivity index (χ1) is 11.7. The number of nitrogens with zero attached hydrogens (tertiary/aromatic N) is 2. The molecule has 0 radical (unpaired) electrons. The molecule has 0 atom stereocenters. The van der Waals surface area contributed by atoms with Gasteiger partial charge in [0.15, 0.2) is 16.6 Å². The lowest BCUT2D eigenvalue weighted by Crippen LogP contribution is -2.11. The maximum absolute atomic E-state index is 12.4. The van der Waals surface area contributed by atoms with E-state index in [1.54, 1.807) is 30.6 Å². The molecule has 1 N–H and O–H groups in total. The highest BCUT2D eigenvalue weighted by molar-refractivity contribution is 7.19. The molecule has 24 heavy (non-hydrogen) atoms. The third-order valence-corrected chi connectivity index (χ3v) is 4.70. The van der Waals surface area contributed by atoms with E-state index < -0.39 is 0 Å². The average Bonchev–Trinajstić information content (AvgIpc) is 3.21. The number of rotatable bonds is 3. The molecule has 0 bridgehead atoms. The molecule has 1 aliphatic heterocycles. The van der Waals surface area contributed by atoms with Crippen LogP contribution in [0.2, 0.25) is 0 Å². The third-order valence-electron chi connectivity index (χ3n) is 3.58. The summed E-state index contributed by atoms with van der Waals surface area (Å²) in [5.41, 5.74) is 2.33. The highest BCUT2D eigenvalue weighted by Gasteiger charge is 2.18. The van der Waals surface area contributed by atoms with Gasteiger partial charge in [0, 0.05) is 23.5 Å². The van der Waals surface area contributed by atoms with Crippen molar-refractivity contribution in [3.05, 3.63) is 54.0 Å². The van der Waals surface area contributed by atoms with Gasteiger partial charge in [-0.15, -0.1) is 0 Å². The van der Waals surface area contributed by atoms with Crippen molar-refractivity contribution in [1.29, 1.82) is 0 Å². The standard InChI is InChI=1S/C17H13N3O3S/c1-10-15(12-3-2-6-18-8-12)24-17(19-10)20-16(21)11-4-5-13-14(7-11)23-9-22-13/h2-8H,9H2,1H3,(H,19,20,21). The zero-order valence-corrected chi connectivity index (χ0v) is 13.6. The number of benzene rings is 1. The van der Waals surface area contributed by atoms with E-state index in [-0.39, 0.29) is 12.7 Å². The van der Waals surface area contributed by atoms with Crippen LogP contribution in [0.25, 0.3) is 10.4 Å². The van der Waals surface area contributed by atoms with Gasteiger partial charge in [-0.05, 0) is 31.2 Å². The number of pyridine rings is 1. The fourth-order valence-electron chi connectivity index (χ4n) is 2.42. The number of aromatic nitrogens is 2. The molecule has 3 aromatic rings. The zero-order chi connectivity index (χ0) is 16.5. The Balaban J connectivity index is 1.56. The first-order valence-electron chi connectivity index (χ1n) is 7.29. The van der Waals surface area contributed by atoms with E-state index in [0.29, 0.717) is 22.2 Å². The lowest BCUT2D eigenvalue weighted by atomic mass is 10.2. The van der Waals surface area contributed by atoms with Gasteiger partial charge >= 0.3 is 0 Å². The van der Waals surface area contributed by atoms with Crippen molar-refractivity contribution in [1.82, 2.24) is 9.97 Å². The Morgan fingerprint density at radius 2 is 2.12 bits per heavy atom. The summed E-state index contributed by atoms with van der Waals surface area (Å²) in [6, 6.07) is 8.94. The average molecular weight is 339 g/mol. The Labute approximate surface area is 142 Å². The number of aryl methyl sites for hydroxylation is 1. The molecule has 0 saturated carbocycles. The molecule has 7 heteroatoms. The number of carbonyl (C=O) groups excluding carboxylic acids is 1. The van der Waals surface area contributed by atoms with Crippen LogP contribution in [0.15, 0.2) is 42.7 Å². The van der Waals surface area contributed by atoms with Crippen LogP contribution >= 0.6 is 11.3 Å². The Morgan fingerprint density at radius 1 is 1.25 bits per heavy atom. The first-order valence-corrected chi connectivity index (χ1v) is 8.11. The highest BCUT2D eigenvalue weighted by atomic mass is 32.1. The van der Waals surface area contributed by atoms with Gasteiger partial charge in [-0.3, -0.25) is 15.1 Å². The number of anilines is 1. The molecule has 0 unspecified atom stereocenters. The molecule has 0 saturated heterocycles. The van der Waals surface area contributed by atoms with Gasteiger partial charge in [0.2, 0.25) is 6.79 Å². The summed E-state index contributed by atoms with van der Waals surface area (Å²) < 4.78 is 10.5. The molecule has 120 valence electrons. The van der Waals surface area contributed by atoms with Gasteiger partial charge in [-0.25, -0.2) is 4.98 Å². The van der Waals surface area contributed by atoms with E-state index in [2.05, 4.69) is 15.3 Å². The summed E-state index contributed by atoms with van der Waals surface area (Å²) >= 11 is 1.42. The van der Waals surface area contributed by atoms with Crippen LogP contribution in [0, 0.1) is 6.92 Å². The fourth-order valence-corrected chi connectivity index (χ4v) is 3.37. The number of nitrogens with one attached hydrogen (secondary N) is 1. The maximum Gasteiger partial charge on any atom is 0.257 e. The molecule has 0 spiro atoms. The van der Waals surface area contributed by atoms with Crippen molar-refractivity contribution in [2.75, 3.05) is 12.1 Å². The predicted octanol–water partition coefficient (Wildman–Crippen LogP) is 3.49. The van der Waals surface area contributed by atoms with Crippen LogP contribution in [0.1, 0.15) is 16.1 Å². The molecule has 1 aromatic carbocycles. The van der Waals surface area contributed by atoms with Gasteiger partial charge in [0.05, 0.1) is 10.6 Å². The Hall–Kier alpha value is -2.93. The highest BCUT2D eigenvalue weighted by Crippen LogP contribution is 2.34. The summed E-state index contributed by atoms with van der Waals surface area (Å²) in [5, 5.41) is 3.38. The first kappa shape index (κ1) is 14.6. The number of hydrogen-bond donors (Lipinski definition) is 1. The Kier molecular flexibility index (Phi) is 3.62. The van der Waals surface area contributed by atoms with Gasteiger partial charge in [0.1, 0.15) is 0 Å². The summed E-state index contributed by atoms with van der Waals surface area (Å²) in [6.45, 7) is 2.09. The minimum atomic E-state index is -0.236. The molecular formula is C17H13N3O3S. The summed E-state index contributed by atoms with van der Waals surface area (Å²) in [6.07, 6.45) is 3.51. The molecule has 2 aromatic heterocycles. The normalized spacial score (nSPS) is 12.2. The van der Waals surface area contributed by atoms with Crippen LogP contribution < -0.4 is 14.8 Å². The number of ether oxygens (including phenoxy) is 2. The van der Waals surface area contributed by atoms with Crippen molar-refractivity contribution >= 4 is 22.4 Å². The zero-order valence-electron chi connectivity index (χ0n) is 12.8. The smallest absolute Gasteiger partial charge is 0.257 e. The van der Waals surface area contributed by atoms with Crippen molar-refractivity contribution in [2.45, 2.75) is 6.92 Å². The van der Waals surface area contributed by atoms with Gasteiger partial charge in [0.25, 0.3) is 5.91 Å². The molecule has 4 rings (SSSR count). The fraction of sp³-hybridized carbons (Fsp3) is 0.118. The number of thiazole rings is 1. The molecule has 1 aliphatic rings.